The van der Waals surface area contributed by atoms with Gasteiger partial charge in [-0.3, -0.25) is 0 Å². The van der Waals surface area contributed by atoms with Crippen LogP contribution in [0.1, 0.15) is 12.5 Å². The lowest BCUT2D eigenvalue weighted by molar-refractivity contribution is 0.112. The monoisotopic (exact) mass is 226 g/mol. The summed E-state index contributed by atoms with van der Waals surface area (Å²) in [6.07, 6.45) is 1.06. The number of hydrogen-bond acceptors (Lipinski definition) is 3. The summed E-state index contributed by atoms with van der Waals surface area (Å²) in [4.78, 5) is 0. The van der Waals surface area contributed by atoms with Gasteiger partial charge in [0.25, 0.3) is 0 Å². The van der Waals surface area contributed by atoms with Gasteiger partial charge in [0.2, 0.25) is 0 Å². The lowest BCUT2D eigenvalue weighted by Gasteiger charge is -2.06. The third-order valence-corrected chi connectivity index (χ3v) is 2.25. The van der Waals surface area contributed by atoms with Crippen molar-refractivity contribution in [3.8, 4) is 5.75 Å². The molecule has 0 heterocycles. The van der Waals surface area contributed by atoms with Crippen LogP contribution < -0.4 is 4.74 Å². The first-order valence-corrected chi connectivity index (χ1v) is 5.90. The van der Waals surface area contributed by atoms with E-state index in [1.54, 1.807) is 0 Å². The summed E-state index contributed by atoms with van der Waals surface area (Å²) in [5, 5.41) is 0. The Kier molecular flexibility index (Phi) is 6.28. The van der Waals surface area contributed by atoms with Gasteiger partial charge in [0.15, 0.2) is 0 Å². The predicted octanol–water partition coefficient (Wildman–Crippen LogP) is 2.57. The number of benzene rings is 1. The van der Waals surface area contributed by atoms with Crippen LogP contribution in [0, 0.1) is 0 Å². The summed E-state index contributed by atoms with van der Waals surface area (Å²) in [5.74, 6) is 1.66. The predicted molar refractivity (Wildman–Crippen MR) is 66.0 cm³/mol. The molecule has 15 heavy (non-hydrogen) atoms. The van der Waals surface area contributed by atoms with E-state index in [0.29, 0.717) is 19.8 Å². The molecule has 0 radical (unpaired) electrons. The molecule has 0 N–H and O–H groups in total. The van der Waals surface area contributed by atoms with Gasteiger partial charge < -0.3 is 9.47 Å². The summed E-state index contributed by atoms with van der Waals surface area (Å²) in [6.45, 7) is 4.04. The fourth-order valence-corrected chi connectivity index (χ4v) is 1.34. The topological polar surface area (TPSA) is 18.5 Å². The van der Waals surface area contributed by atoms with Crippen molar-refractivity contribution in [1.29, 1.82) is 0 Å². The van der Waals surface area contributed by atoms with E-state index >= 15 is 0 Å². The Balaban J connectivity index is 2.20. The quantitative estimate of drug-likeness (QED) is 0.569. The third-order valence-electron chi connectivity index (χ3n) is 2.06. The smallest absolute Gasteiger partial charge is 0.119 e. The van der Waals surface area contributed by atoms with Crippen LogP contribution in [-0.4, -0.2) is 25.6 Å². The molecule has 0 aliphatic rings. The number of hydrogen-bond donors (Lipinski definition) is 1. The van der Waals surface area contributed by atoms with E-state index in [-0.39, 0.29) is 0 Å². The highest BCUT2D eigenvalue weighted by Gasteiger charge is 1.94. The van der Waals surface area contributed by atoms with Gasteiger partial charge in [0, 0.05) is 5.75 Å². The Labute approximate surface area is 97.0 Å². The zero-order valence-corrected chi connectivity index (χ0v) is 10.0. The van der Waals surface area contributed by atoms with Gasteiger partial charge in [-0.05, 0) is 24.1 Å². The molecule has 0 fully saturated rings. The van der Waals surface area contributed by atoms with Crippen LogP contribution in [0.2, 0.25) is 0 Å². The van der Waals surface area contributed by atoms with Crippen LogP contribution in [0.25, 0.3) is 0 Å². The summed E-state index contributed by atoms with van der Waals surface area (Å²) in [5.41, 5.74) is 1.33. The largest absolute Gasteiger partial charge is 0.491 e. The Morgan fingerprint density at radius 2 is 1.80 bits per heavy atom. The van der Waals surface area contributed by atoms with Crippen LogP contribution in [0.5, 0.6) is 5.75 Å². The number of thiol groups is 1. The number of aryl methyl sites for hydroxylation is 1. The molecule has 0 amide bonds. The zero-order chi connectivity index (χ0) is 10.9. The molecule has 0 aliphatic heterocycles. The molecule has 3 heteroatoms. The van der Waals surface area contributed by atoms with Crippen molar-refractivity contribution >= 4 is 12.6 Å². The van der Waals surface area contributed by atoms with E-state index in [0.717, 1.165) is 17.9 Å². The fourth-order valence-electron chi connectivity index (χ4n) is 1.21. The standard InChI is InChI=1S/C12H18O2S/c1-2-11-3-5-12(6-4-11)14-8-7-13-9-10-15/h3-6,15H,2,7-10H2,1H3. The van der Waals surface area contributed by atoms with E-state index in [2.05, 4.69) is 31.7 Å². The van der Waals surface area contributed by atoms with Crippen LogP contribution in [0.3, 0.4) is 0 Å². The van der Waals surface area contributed by atoms with Gasteiger partial charge in [-0.2, -0.15) is 12.6 Å². The highest BCUT2D eigenvalue weighted by Crippen LogP contribution is 2.12. The Morgan fingerprint density at radius 1 is 1.07 bits per heavy atom. The van der Waals surface area contributed by atoms with Crippen molar-refractivity contribution in [3.05, 3.63) is 29.8 Å². The molecule has 1 rings (SSSR count). The molecule has 84 valence electrons. The maximum absolute atomic E-state index is 5.50. The molecule has 0 bridgehead atoms. The molecule has 0 aliphatic carbocycles. The van der Waals surface area contributed by atoms with Crippen LogP contribution in [0.4, 0.5) is 0 Å². The lowest BCUT2D eigenvalue weighted by atomic mass is 10.2. The Hall–Kier alpha value is -0.670. The first-order chi connectivity index (χ1) is 7.36. The minimum atomic E-state index is 0.596. The van der Waals surface area contributed by atoms with Gasteiger partial charge in [-0.1, -0.05) is 19.1 Å². The molecule has 1 aromatic rings. The van der Waals surface area contributed by atoms with Crippen molar-refractivity contribution in [2.75, 3.05) is 25.6 Å². The zero-order valence-electron chi connectivity index (χ0n) is 9.11. The average molecular weight is 226 g/mol. The first-order valence-electron chi connectivity index (χ1n) is 5.27. The summed E-state index contributed by atoms with van der Waals surface area (Å²) < 4.78 is 10.8. The Morgan fingerprint density at radius 3 is 2.40 bits per heavy atom. The third kappa shape index (κ3) is 5.09. The van der Waals surface area contributed by atoms with E-state index in [1.807, 2.05) is 12.1 Å². The van der Waals surface area contributed by atoms with Gasteiger partial charge in [-0.15, -0.1) is 0 Å². The summed E-state index contributed by atoms with van der Waals surface area (Å²) >= 11 is 4.05. The first kappa shape index (κ1) is 12.4. The SMILES string of the molecule is CCc1ccc(OCCOCCS)cc1. The molecule has 1 aromatic carbocycles. The highest BCUT2D eigenvalue weighted by molar-refractivity contribution is 7.80. The van der Waals surface area contributed by atoms with Gasteiger partial charge in [-0.25, -0.2) is 0 Å². The highest BCUT2D eigenvalue weighted by atomic mass is 32.1. The molecular weight excluding hydrogens is 208 g/mol. The van der Waals surface area contributed by atoms with Gasteiger partial charge in [0.1, 0.15) is 12.4 Å². The fraction of sp³-hybridized carbons (Fsp3) is 0.500. The van der Waals surface area contributed by atoms with E-state index in [1.165, 1.54) is 5.56 Å². The normalized spacial score (nSPS) is 10.3. The average Bonchev–Trinajstić information content (AvgIpc) is 2.30. The molecule has 0 spiro atoms. The molecule has 2 nitrogen and oxygen atoms in total. The lowest BCUT2D eigenvalue weighted by Crippen LogP contribution is -2.07. The number of ether oxygens (including phenoxy) is 2. The minimum Gasteiger partial charge on any atom is -0.491 e. The minimum absolute atomic E-state index is 0.596. The molecule has 0 atom stereocenters. The van der Waals surface area contributed by atoms with E-state index in [4.69, 9.17) is 9.47 Å². The molecule has 0 saturated carbocycles. The van der Waals surface area contributed by atoms with Crippen molar-refractivity contribution in [3.63, 3.8) is 0 Å². The second-order valence-electron chi connectivity index (χ2n) is 3.18. The number of rotatable bonds is 7. The second-order valence-corrected chi connectivity index (χ2v) is 3.63. The van der Waals surface area contributed by atoms with Crippen LogP contribution >= 0.6 is 12.6 Å². The van der Waals surface area contributed by atoms with Crippen molar-refractivity contribution in [1.82, 2.24) is 0 Å². The molecular formula is C12H18O2S. The Bertz CT molecular complexity index is 259. The van der Waals surface area contributed by atoms with Crippen molar-refractivity contribution in [2.45, 2.75) is 13.3 Å². The molecule has 0 unspecified atom stereocenters. The van der Waals surface area contributed by atoms with Crippen LogP contribution in [0.15, 0.2) is 24.3 Å². The van der Waals surface area contributed by atoms with E-state index < -0.39 is 0 Å². The van der Waals surface area contributed by atoms with Crippen molar-refractivity contribution < 1.29 is 9.47 Å². The molecule has 0 saturated heterocycles. The van der Waals surface area contributed by atoms with Crippen molar-refractivity contribution in [2.24, 2.45) is 0 Å². The summed E-state index contributed by atoms with van der Waals surface area (Å²) in [7, 11) is 0. The van der Waals surface area contributed by atoms with Crippen LogP contribution in [-0.2, 0) is 11.2 Å². The van der Waals surface area contributed by atoms with Gasteiger partial charge >= 0.3 is 0 Å². The maximum atomic E-state index is 5.50. The molecule has 0 aromatic heterocycles. The second kappa shape index (κ2) is 7.60. The van der Waals surface area contributed by atoms with E-state index in [9.17, 15) is 0 Å². The van der Waals surface area contributed by atoms with Gasteiger partial charge in [0.05, 0.1) is 13.2 Å². The maximum Gasteiger partial charge on any atom is 0.119 e. The summed E-state index contributed by atoms with van der Waals surface area (Å²) in [6, 6.07) is 8.17.